The number of aryl methyl sites for hydroxylation is 1. The molecule has 1 aliphatic heterocycles. The van der Waals surface area contributed by atoms with E-state index in [4.69, 9.17) is 19.9 Å². The van der Waals surface area contributed by atoms with Gasteiger partial charge in [0.2, 0.25) is 5.88 Å². The van der Waals surface area contributed by atoms with Gasteiger partial charge in [-0.1, -0.05) is 43.3 Å². The molecule has 1 atom stereocenters. The second kappa shape index (κ2) is 9.49. The number of hydrogen-bond donors (Lipinski definition) is 1. The second-order valence-electron chi connectivity index (χ2n) is 7.75. The fourth-order valence-electron chi connectivity index (χ4n) is 3.81. The van der Waals surface area contributed by atoms with Gasteiger partial charge in [-0.05, 0) is 48.7 Å². The van der Waals surface area contributed by atoms with Crippen molar-refractivity contribution in [2.24, 2.45) is 5.73 Å². The Morgan fingerprint density at radius 1 is 1.09 bits per heavy atom. The van der Waals surface area contributed by atoms with Crippen LogP contribution in [0.3, 0.4) is 0 Å². The van der Waals surface area contributed by atoms with Gasteiger partial charge >= 0.3 is 5.97 Å². The van der Waals surface area contributed by atoms with Crippen molar-refractivity contribution in [3.63, 3.8) is 0 Å². The molecule has 4 rings (SSSR count). The number of nitrogens with zero attached hydrogens (tertiary/aromatic N) is 1. The summed E-state index contributed by atoms with van der Waals surface area (Å²) in [6.45, 7) is 4.50. The minimum absolute atomic E-state index is 0.0252. The van der Waals surface area contributed by atoms with Gasteiger partial charge in [-0.25, -0.2) is 4.79 Å². The maximum absolute atomic E-state index is 12.6. The molecule has 6 heteroatoms. The molecule has 0 aromatic heterocycles. The van der Waals surface area contributed by atoms with Crippen LogP contribution in [0.25, 0.3) is 0 Å². The van der Waals surface area contributed by atoms with E-state index in [1.54, 1.807) is 30.3 Å². The minimum atomic E-state index is -0.456. The summed E-state index contributed by atoms with van der Waals surface area (Å²) in [4.78, 5) is 12.6. The van der Waals surface area contributed by atoms with Crippen LogP contribution in [0.15, 0.2) is 78.2 Å². The highest BCUT2D eigenvalue weighted by Gasteiger charge is 2.31. The summed E-state index contributed by atoms with van der Waals surface area (Å²) < 4.78 is 17.1. The number of carbonyl (C=O) groups excluding carboxylic acids is 1. The van der Waals surface area contributed by atoms with E-state index in [0.29, 0.717) is 29.2 Å². The fourth-order valence-corrected chi connectivity index (χ4v) is 3.81. The standard InChI is InChI=1S/C27H24N2O4/c1-3-13-31-19-9-6-8-18(14-19)25-22-12-11-20(15-24(22)33-26(29)23(25)16-28)32-27(30)21-10-5-4-7-17(21)2/h4-12,14-15,25H,3,13,29H2,1-2H3. The van der Waals surface area contributed by atoms with Crippen molar-refractivity contribution in [2.75, 3.05) is 6.61 Å². The highest BCUT2D eigenvalue weighted by Crippen LogP contribution is 2.44. The molecule has 0 fully saturated rings. The SMILES string of the molecule is CCCOc1cccc(C2C(C#N)=C(N)Oc3cc(OC(=O)c4ccccc4C)ccc32)c1. The smallest absolute Gasteiger partial charge is 0.343 e. The van der Waals surface area contributed by atoms with Crippen LogP contribution in [0.2, 0.25) is 0 Å². The largest absolute Gasteiger partial charge is 0.494 e. The summed E-state index contributed by atoms with van der Waals surface area (Å²) in [6.07, 6.45) is 0.893. The van der Waals surface area contributed by atoms with Crippen molar-refractivity contribution >= 4 is 5.97 Å². The maximum Gasteiger partial charge on any atom is 0.343 e. The number of allylic oxidation sites excluding steroid dienone is 1. The molecule has 0 saturated carbocycles. The molecule has 166 valence electrons. The van der Waals surface area contributed by atoms with Gasteiger partial charge in [0, 0.05) is 11.6 Å². The number of nitriles is 1. The summed E-state index contributed by atoms with van der Waals surface area (Å²) in [7, 11) is 0. The number of rotatable bonds is 6. The van der Waals surface area contributed by atoms with Crippen molar-refractivity contribution in [1.82, 2.24) is 0 Å². The number of fused-ring (bicyclic) bond motifs is 1. The monoisotopic (exact) mass is 440 g/mol. The summed E-state index contributed by atoms with van der Waals surface area (Å²) >= 11 is 0. The topological polar surface area (TPSA) is 94.6 Å². The highest BCUT2D eigenvalue weighted by molar-refractivity contribution is 5.92. The Morgan fingerprint density at radius 3 is 2.67 bits per heavy atom. The normalized spacial score (nSPS) is 14.6. The molecule has 0 saturated heterocycles. The molecule has 1 aliphatic rings. The number of ether oxygens (including phenoxy) is 3. The van der Waals surface area contributed by atoms with Crippen LogP contribution in [0, 0.1) is 18.3 Å². The lowest BCUT2D eigenvalue weighted by molar-refractivity contribution is 0.0733. The molecule has 0 radical (unpaired) electrons. The molecule has 0 spiro atoms. The highest BCUT2D eigenvalue weighted by atomic mass is 16.5. The van der Waals surface area contributed by atoms with Gasteiger partial charge < -0.3 is 19.9 Å². The number of carbonyl (C=O) groups is 1. The van der Waals surface area contributed by atoms with Gasteiger partial charge in [0.05, 0.1) is 18.1 Å². The van der Waals surface area contributed by atoms with Crippen LogP contribution in [-0.2, 0) is 0 Å². The van der Waals surface area contributed by atoms with Crippen LogP contribution in [-0.4, -0.2) is 12.6 Å². The Morgan fingerprint density at radius 2 is 1.91 bits per heavy atom. The van der Waals surface area contributed by atoms with Crippen molar-refractivity contribution in [2.45, 2.75) is 26.2 Å². The zero-order valence-electron chi connectivity index (χ0n) is 18.5. The number of esters is 1. The predicted octanol–water partition coefficient (Wildman–Crippen LogP) is 5.22. The van der Waals surface area contributed by atoms with Crippen LogP contribution in [0.4, 0.5) is 0 Å². The molecule has 0 amide bonds. The Labute approximate surface area is 192 Å². The molecule has 6 nitrogen and oxygen atoms in total. The number of nitrogens with two attached hydrogens (primary N) is 1. The van der Waals surface area contributed by atoms with Crippen molar-refractivity contribution in [1.29, 1.82) is 5.26 Å². The van der Waals surface area contributed by atoms with Gasteiger partial charge in [-0.3, -0.25) is 0 Å². The van der Waals surface area contributed by atoms with E-state index in [1.165, 1.54) is 0 Å². The first-order chi connectivity index (χ1) is 16.0. The Hall–Kier alpha value is -4.24. The average molecular weight is 440 g/mol. The first-order valence-electron chi connectivity index (χ1n) is 10.7. The van der Waals surface area contributed by atoms with Crippen molar-refractivity contribution in [3.05, 3.63) is 100 Å². The van der Waals surface area contributed by atoms with E-state index >= 15 is 0 Å². The lowest BCUT2D eigenvalue weighted by Crippen LogP contribution is -2.21. The first kappa shape index (κ1) is 22.0. The molecule has 1 unspecified atom stereocenters. The number of hydrogen-bond acceptors (Lipinski definition) is 6. The van der Waals surface area contributed by atoms with E-state index in [0.717, 1.165) is 28.9 Å². The van der Waals surface area contributed by atoms with E-state index in [2.05, 4.69) is 6.07 Å². The fraction of sp³-hybridized carbons (Fsp3) is 0.185. The van der Waals surface area contributed by atoms with E-state index in [1.807, 2.05) is 50.2 Å². The molecule has 0 bridgehead atoms. The molecule has 1 heterocycles. The van der Waals surface area contributed by atoms with Gasteiger partial charge in [0.1, 0.15) is 28.9 Å². The third kappa shape index (κ3) is 4.53. The molecule has 0 aliphatic carbocycles. The van der Waals surface area contributed by atoms with Crippen LogP contribution in [0.1, 0.15) is 46.3 Å². The summed E-state index contributed by atoms with van der Waals surface area (Å²) in [5, 5.41) is 9.79. The van der Waals surface area contributed by atoms with Gasteiger partial charge in [-0.2, -0.15) is 5.26 Å². The zero-order chi connectivity index (χ0) is 23.4. The second-order valence-corrected chi connectivity index (χ2v) is 7.75. The minimum Gasteiger partial charge on any atom is -0.494 e. The van der Waals surface area contributed by atoms with Gasteiger partial charge in [-0.15, -0.1) is 0 Å². The lowest BCUT2D eigenvalue weighted by atomic mass is 9.83. The van der Waals surface area contributed by atoms with Gasteiger partial charge in [0.15, 0.2) is 0 Å². The molecular weight excluding hydrogens is 416 g/mol. The summed E-state index contributed by atoms with van der Waals surface area (Å²) in [5.74, 6) is 0.632. The van der Waals surface area contributed by atoms with Crippen molar-refractivity contribution in [3.8, 4) is 23.3 Å². The molecule has 3 aromatic rings. The first-order valence-corrected chi connectivity index (χ1v) is 10.7. The molecular formula is C27H24N2O4. The van der Waals surface area contributed by atoms with E-state index < -0.39 is 11.9 Å². The Kier molecular flexibility index (Phi) is 6.32. The Balaban J connectivity index is 1.68. The van der Waals surface area contributed by atoms with Gasteiger partial charge in [0.25, 0.3) is 0 Å². The van der Waals surface area contributed by atoms with E-state index in [-0.39, 0.29) is 5.88 Å². The zero-order valence-corrected chi connectivity index (χ0v) is 18.5. The third-order valence-electron chi connectivity index (χ3n) is 5.43. The quantitative estimate of drug-likeness (QED) is 0.417. The summed E-state index contributed by atoms with van der Waals surface area (Å²) in [5.41, 5.74) is 9.36. The third-order valence-corrected chi connectivity index (χ3v) is 5.43. The predicted molar refractivity (Wildman–Crippen MR) is 124 cm³/mol. The van der Waals surface area contributed by atoms with Crippen LogP contribution in [0.5, 0.6) is 17.2 Å². The Bertz CT molecular complexity index is 1270. The maximum atomic E-state index is 12.6. The molecule has 2 N–H and O–H groups in total. The lowest BCUT2D eigenvalue weighted by Gasteiger charge is -2.27. The molecule has 33 heavy (non-hydrogen) atoms. The molecule has 3 aromatic carbocycles. The average Bonchev–Trinajstić information content (AvgIpc) is 2.82. The summed E-state index contributed by atoms with van der Waals surface area (Å²) in [6, 6.07) is 22.1. The van der Waals surface area contributed by atoms with Crippen LogP contribution >= 0.6 is 0 Å². The van der Waals surface area contributed by atoms with Crippen LogP contribution < -0.4 is 19.9 Å². The van der Waals surface area contributed by atoms with Crippen molar-refractivity contribution < 1.29 is 19.0 Å². The number of benzene rings is 3. The van der Waals surface area contributed by atoms with E-state index in [9.17, 15) is 10.1 Å².